The van der Waals surface area contributed by atoms with Gasteiger partial charge in [-0.2, -0.15) is 5.26 Å². The highest BCUT2D eigenvalue weighted by Gasteiger charge is 1.92. The number of hydrogen-bond donors (Lipinski definition) is 1. The molecule has 0 radical (unpaired) electrons. The first-order chi connectivity index (χ1) is 7.36. The molecule has 15 heavy (non-hydrogen) atoms. The van der Waals surface area contributed by atoms with Gasteiger partial charge in [0.25, 0.3) is 0 Å². The van der Waals surface area contributed by atoms with E-state index in [1.165, 1.54) is 4.90 Å². The zero-order valence-corrected chi connectivity index (χ0v) is 9.81. The normalized spacial score (nSPS) is 9.60. The first-order valence-corrected chi connectivity index (χ1v) is 6.34. The highest BCUT2D eigenvalue weighted by Crippen LogP contribution is 2.17. The Bertz CT molecular complexity index is 313. The van der Waals surface area contributed by atoms with Gasteiger partial charge in [-0.25, -0.2) is 0 Å². The molecule has 0 fully saturated rings. The van der Waals surface area contributed by atoms with E-state index < -0.39 is 0 Å². The minimum atomic E-state index is 0.660. The van der Waals surface area contributed by atoms with Gasteiger partial charge in [0, 0.05) is 23.5 Å². The quantitative estimate of drug-likeness (QED) is 0.588. The van der Waals surface area contributed by atoms with Crippen LogP contribution in [0, 0.1) is 11.3 Å². The Labute approximate surface area is 95.7 Å². The fourth-order valence-corrected chi connectivity index (χ4v) is 1.68. The molecular weight excluding hydrogens is 204 g/mol. The SMILES string of the molecule is CSc1ccc(NCCCCC#N)cc1. The van der Waals surface area contributed by atoms with Gasteiger partial charge < -0.3 is 5.32 Å². The Kier molecular flexibility index (Phi) is 5.72. The van der Waals surface area contributed by atoms with Crippen molar-refractivity contribution in [1.82, 2.24) is 0 Å². The van der Waals surface area contributed by atoms with Crippen molar-refractivity contribution in [3.05, 3.63) is 24.3 Å². The van der Waals surface area contributed by atoms with Gasteiger partial charge in [-0.1, -0.05) is 0 Å². The van der Waals surface area contributed by atoms with Gasteiger partial charge >= 0.3 is 0 Å². The van der Waals surface area contributed by atoms with E-state index in [1.54, 1.807) is 11.8 Å². The van der Waals surface area contributed by atoms with Crippen LogP contribution in [0.4, 0.5) is 5.69 Å². The third-order valence-corrected chi connectivity index (χ3v) is 2.88. The lowest BCUT2D eigenvalue weighted by molar-refractivity contribution is 0.784. The molecule has 80 valence electrons. The van der Waals surface area contributed by atoms with Gasteiger partial charge in [-0.3, -0.25) is 0 Å². The standard InChI is InChI=1S/C12H16N2S/c1-15-12-7-5-11(6-8-12)14-10-4-2-3-9-13/h5-8,14H,2-4,10H2,1H3. The van der Waals surface area contributed by atoms with Crippen molar-refractivity contribution in [2.24, 2.45) is 0 Å². The third-order valence-electron chi connectivity index (χ3n) is 2.13. The summed E-state index contributed by atoms with van der Waals surface area (Å²) < 4.78 is 0. The van der Waals surface area contributed by atoms with E-state index in [4.69, 9.17) is 5.26 Å². The molecule has 0 spiro atoms. The van der Waals surface area contributed by atoms with Crippen LogP contribution in [0.3, 0.4) is 0 Å². The predicted molar refractivity (Wildman–Crippen MR) is 66.2 cm³/mol. The van der Waals surface area contributed by atoms with E-state index >= 15 is 0 Å². The van der Waals surface area contributed by atoms with Gasteiger partial charge in [-0.15, -0.1) is 11.8 Å². The summed E-state index contributed by atoms with van der Waals surface area (Å²) >= 11 is 1.75. The maximum Gasteiger partial charge on any atom is 0.0621 e. The number of benzene rings is 1. The molecule has 1 rings (SSSR count). The van der Waals surface area contributed by atoms with Crippen molar-refractivity contribution in [2.45, 2.75) is 24.2 Å². The molecule has 0 aliphatic carbocycles. The molecule has 0 unspecified atom stereocenters. The van der Waals surface area contributed by atoms with Gasteiger partial charge in [0.2, 0.25) is 0 Å². The minimum absolute atomic E-state index is 0.660. The number of nitrogens with zero attached hydrogens (tertiary/aromatic N) is 1. The highest BCUT2D eigenvalue weighted by molar-refractivity contribution is 7.98. The largest absolute Gasteiger partial charge is 0.385 e. The lowest BCUT2D eigenvalue weighted by Crippen LogP contribution is -2.00. The molecule has 0 amide bonds. The molecule has 3 heteroatoms. The van der Waals surface area contributed by atoms with E-state index in [9.17, 15) is 0 Å². The number of nitriles is 1. The lowest BCUT2D eigenvalue weighted by Gasteiger charge is -2.05. The molecule has 0 saturated carbocycles. The van der Waals surface area contributed by atoms with E-state index in [-0.39, 0.29) is 0 Å². The molecule has 0 aliphatic heterocycles. The van der Waals surface area contributed by atoms with Crippen molar-refractivity contribution < 1.29 is 0 Å². The van der Waals surface area contributed by atoms with Crippen LogP contribution in [0.25, 0.3) is 0 Å². The molecule has 0 heterocycles. The summed E-state index contributed by atoms with van der Waals surface area (Å²) in [7, 11) is 0. The number of hydrogen-bond acceptors (Lipinski definition) is 3. The molecular formula is C12H16N2S. The summed E-state index contributed by atoms with van der Waals surface area (Å²) in [5, 5.41) is 11.7. The smallest absolute Gasteiger partial charge is 0.0621 e. The number of thioether (sulfide) groups is 1. The molecule has 0 bridgehead atoms. The fraction of sp³-hybridized carbons (Fsp3) is 0.417. The summed E-state index contributed by atoms with van der Waals surface area (Å²) in [5.74, 6) is 0. The van der Waals surface area contributed by atoms with Crippen LogP contribution in [0.15, 0.2) is 29.2 Å². The van der Waals surface area contributed by atoms with Gasteiger partial charge in [-0.05, 0) is 43.4 Å². The van der Waals surface area contributed by atoms with Crippen molar-refractivity contribution in [3.63, 3.8) is 0 Å². The summed E-state index contributed by atoms with van der Waals surface area (Å²) in [6.45, 7) is 0.945. The van der Waals surface area contributed by atoms with Crippen molar-refractivity contribution in [1.29, 1.82) is 5.26 Å². The fourth-order valence-electron chi connectivity index (χ4n) is 1.27. The Morgan fingerprint density at radius 1 is 1.27 bits per heavy atom. The van der Waals surface area contributed by atoms with E-state index in [1.807, 2.05) is 0 Å². The molecule has 0 atom stereocenters. The van der Waals surface area contributed by atoms with Crippen LogP contribution in [-0.4, -0.2) is 12.8 Å². The van der Waals surface area contributed by atoms with Crippen molar-refractivity contribution >= 4 is 17.4 Å². The van der Waals surface area contributed by atoms with Crippen LogP contribution in [0.2, 0.25) is 0 Å². The zero-order chi connectivity index (χ0) is 10.9. The minimum Gasteiger partial charge on any atom is -0.385 e. The number of unbranched alkanes of at least 4 members (excludes halogenated alkanes) is 2. The van der Waals surface area contributed by atoms with Gasteiger partial charge in [0.1, 0.15) is 0 Å². The molecule has 1 aromatic rings. The first kappa shape index (κ1) is 11.9. The Balaban J connectivity index is 2.23. The third kappa shape index (κ3) is 4.75. The van der Waals surface area contributed by atoms with Crippen molar-refractivity contribution in [2.75, 3.05) is 18.1 Å². The second-order valence-electron chi connectivity index (χ2n) is 3.27. The van der Waals surface area contributed by atoms with Gasteiger partial charge in [0.15, 0.2) is 0 Å². The summed E-state index contributed by atoms with van der Waals surface area (Å²) in [4.78, 5) is 1.28. The second-order valence-corrected chi connectivity index (χ2v) is 4.15. The van der Waals surface area contributed by atoms with Crippen LogP contribution < -0.4 is 5.32 Å². The molecule has 0 aliphatic rings. The van der Waals surface area contributed by atoms with Crippen molar-refractivity contribution in [3.8, 4) is 6.07 Å². The average molecular weight is 220 g/mol. The maximum atomic E-state index is 8.37. The summed E-state index contributed by atoms with van der Waals surface area (Å²) in [6, 6.07) is 10.6. The molecule has 0 aromatic heterocycles. The topological polar surface area (TPSA) is 35.8 Å². The van der Waals surface area contributed by atoms with Crippen LogP contribution in [-0.2, 0) is 0 Å². The number of nitrogens with one attached hydrogen (secondary N) is 1. The highest BCUT2D eigenvalue weighted by atomic mass is 32.2. The van der Waals surface area contributed by atoms with Gasteiger partial charge in [0.05, 0.1) is 6.07 Å². The van der Waals surface area contributed by atoms with Crippen LogP contribution in [0.5, 0.6) is 0 Å². The Morgan fingerprint density at radius 2 is 2.00 bits per heavy atom. The second kappa shape index (κ2) is 7.19. The maximum absolute atomic E-state index is 8.37. The summed E-state index contributed by atoms with van der Waals surface area (Å²) in [6.07, 6.45) is 4.77. The first-order valence-electron chi connectivity index (χ1n) is 5.11. The van der Waals surface area contributed by atoms with E-state index in [0.29, 0.717) is 6.42 Å². The van der Waals surface area contributed by atoms with E-state index in [2.05, 4.69) is 41.9 Å². The molecule has 1 aromatic carbocycles. The number of rotatable bonds is 6. The Hall–Kier alpha value is -1.14. The zero-order valence-electron chi connectivity index (χ0n) is 8.99. The molecule has 0 saturated heterocycles. The number of anilines is 1. The monoisotopic (exact) mass is 220 g/mol. The van der Waals surface area contributed by atoms with Crippen LogP contribution >= 0.6 is 11.8 Å². The van der Waals surface area contributed by atoms with Crippen LogP contribution in [0.1, 0.15) is 19.3 Å². The Morgan fingerprint density at radius 3 is 2.60 bits per heavy atom. The predicted octanol–water partition coefficient (Wildman–Crippen LogP) is 3.51. The average Bonchev–Trinajstić information content (AvgIpc) is 2.30. The molecule has 2 nitrogen and oxygen atoms in total. The lowest BCUT2D eigenvalue weighted by atomic mass is 10.2. The van der Waals surface area contributed by atoms with E-state index in [0.717, 1.165) is 25.1 Å². The summed E-state index contributed by atoms with van der Waals surface area (Å²) in [5.41, 5.74) is 1.16. The molecule has 1 N–H and O–H groups in total.